The van der Waals surface area contributed by atoms with Crippen molar-refractivity contribution in [3.63, 3.8) is 0 Å². The average Bonchev–Trinajstić information content (AvgIpc) is 3.35. The Morgan fingerprint density at radius 2 is 2.16 bits per heavy atom. The summed E-state index contributed by atoms with van der Waals surface area (Å²) in [4.78, 5) is 44.4. The van der Waals surface area contributed by atoms with E-state index in [1.165, 1.54) is 11.2 Å². The lowest BCUT2D eigenvalue weighted by molar-refractivity contribution is -0.115. The highest BCUT2D eigenvalue weighted by Gasteiger charge is 2.29. The Bertz CT molecular complexity index is 1110. The first-order valence-corrected chi connectivity index (χ1v) is 10.7. The second-order valence-corrected chi connectivity index (χ2v) is 8.23. The van der Waals surface area contributed by atoms with Gasteiger partial charge in [0.1, 0.15) is 18.7 Å². The van der Waals surface area contributed by atoms with Gasteiger partial charge in [-0.3, -0.25) is 14.9 Å². The lowest BCUT2D eigenvalue weighted by atomic mass is 10.2. The largest absolute Gasteiger partial charge is 0.475 e. The summed E-state index contributed by atoms with van der Waals surface area (Å²) in [5.41, 5.74) is 1.26. The van der Waals surface area contributed by atoms with Gasteiger partial charge in [0.05, 0.1) is 16.5 Å². The summed E-state index contributed by atoms with van der Waals surface area (Å²) in [7, 11) is 0. The summed E-state index contributed by atoms with van der Waals surface area (Å²) >= 11 is 0.844. The average molecular weight is 456 g/mol. The highest BCUT2D eigenvalue weighted by Crippen LogP contribution is 2.30. The van der Waals surface area contributed by atoms with Gasteiger partial charge in [-0.15, -0.1) is 0 Å². The number of likely N-dealkylation sites (tertiary alicyclic amines) is 1. The molecule has 1 aromatic heterocycles. The molecular formula is C21H20N4O6S. The number of benzene rings is 1. The number of carboxylic acid groups (broad SMARTS) is 1. The van der Waals surface area contributed by atoms with Crippen LogP contribution >= 0.6 is 11.8 Å². The number of rotatable bonds is 6. The Kier molecular flexibility index (Phi) is 6.26. The van der Waals surface area contributed by atoms with Crippen LogP contribution in [0.5, 0.6) is 17.5 Å². The molecule has 2 saturated heterocycles. The van der Waals surface area contributed by atoms with Crippen molar-refractivity contribution in [3.8, 4) is 17.5 Å². The number of ether oxygens (including phenoxy) is 2. The number of imide groups is 1. The summed E-state index contributed by atoms with van der Waals surface area (Å²) in [6.45, 7) is 2.46. The third-order valence-corrected chi connectivity index (χ3v) is 5.85. The van der Waals surface area contributed by atoms with Crippen molar-refractivity contribution in [2.75, 3.05) is 13.2 Å². The van der Waals surface area contributed by atoms with E-state index in [0.717, 1.165) is 24.6 Å². The zero-order valence-electron chi connectivity index (χ0n) is 17.1. The maximum Gasteiger partial charge on any atom is 0.407 e. The van der Waals surface area contributed by atoms with Crippen molar-refractivity contribution in [2.24, 2.45) is 0 Å². The molecule has 4 rings (SSSR count). The Labute approximate surface area is 187 Å². The second kappa shape index (κ2) is 9.27. The lowest BCUT2D eigenvalue weighted by Crippen LogP contribution is -2.38. The molecule has 2 aromatic rings. The number of carbonyl (C=O) groups excluding carboxylic acids is 2. The quantitative estimate of drug-likeness (QED) is 0.628. The first-order valence-electron chi connectivity index (χ1n) is 9.87. The molecule has 2 aliphatic heterocycles. The van der Waals surface area contributed by atoms with Crippen LogP contribution in [0, 0.1) is 6.92 Å². The van der Waals surface area contributed by atoms with Crippen molar-refractivity contribution >= 4 is 35.1 Å². The number of aromatic nitrogens is 2. The molecule has 2 N–H and O–H groups in total. The number of thioether (sulfide) groups is 1. The maximum absolute atomic E-state index is 11.7. The van der Waals surface area contributed by atoms with Crippen LogP contribution in [0.25, 0.3) is 6.08 Å². The summed E-state index contributed by atoms with van der Waals surface area (Å²) in [6.07, 6.45) is 3.52. The molecule has 0 aliphatic carbocycles. The monoisotopic (exact) mass is 456 g/mol. The minimum absolute atomic E-state index is 0.200. The van der Waals surface area contributed by atoms with Crippen LogP contribution in [0.3, 0.4) is 0 Å². The number of carbonyl (C=O) groups is 3. The van der Waals surface area contributed by atoms with E-state index >= 15 is 0 Å². The van der Waals surface area contributed by atoms with Gasteiger partial charge >= 0.3 is 6.09 Å². The van der Waals surface area contributed by atoms with E-state index in [-0.39, 0.29) is 12.6 Å². The molecule has 2 fully saturated rings. The van der Waals surface area contributed by atoms with Crippen LogP contribution < -0.4 is 14.8 Å². The molecule has 166 valence electrons. The summed E-state index contributed by atoms with van der Waals surface area (Å²) in [6, 6.07) is 6.78. The van der Waals surface area contributed by atoms with Gasteiger partial charge in [-0.05, 0) is 55.3 Å². The Morgan fingerprint density at radius 3 is 2.91 bits per heavy atom. The standard InChI is InChI=1S/C21H20N4O6S/c1-12-18(30-10-14-5-3-7-25(14)21(28)29)22-11-23-19(12)31-15-6-2-4-13(8-15)9-16-17(26)24-20(27)32-16/h2,4,6,8-9,11,14H,3,5,7,10H2,1H3,(H,28,29)(H,24,26,27)/b16-9+. The van der Waals surface area contributed by atoms with Crippen molar-refractivity contribution in [3.05, 3.63) is 46.6 Å². The normalized spacial score (nSPS) is 19.3. The molecule has 2 aliphatic rings. The maximum atomic E-state index is 11.7. The third kappa shape index (κ3) is 4.83. The van der Waals surface area contributed by atoms with Gasteiger partial charge in [-0.1, -0.05) is 12.1 Å². The topological polar surface area (TPSA) is 131 Å². The number of nitrogens with zero attached hydrogens (tertiary/aromatic N) is 3. The molecule has 0 saturated carbocycles. The van der Waals surface area contributed by atoms with E-state index < -0.39 is 17.2 Å². The zero-order chi connectivity index (χ0) is 22.7. The van der Waals surface area contributed by atoms with E-state index in [0.29, 0.717) is 40.1 Å². The minimum Gasteiger partial charge on any atom is -0.475 e. The second-order valence-electron chi connectivity index (χ2n) is 7.22. The third-order valence-electron chi connectivity index (χ3n) is 5.04. The molecular weight excluding hydrogens is 436 g/mol. The van der Waals surface area contributed by atoms with Gasteiger partial charge in [-0.25, -0.2) is 14.8 Å². The van der Waals surface area contributed by atoms with Crippen molar-refractivity contribution in [1.82, 2.24) is 20.2 Å². The molecule has 10 nitrogen and oxygen atoms in total. The van der Waals surface area contributed by atoms with Crippen LogP contribution in [0.1, 0.15) is 24.0 Å². The van der Waals surface area contributed by atoms with Gasteiger partial charge in [0, 0.05) is 6.54 Å². The molecule has 11 heteroatoms. The van der Waals surface area contributed by atoms with Gasteiger partial charge in [0.25, 0.3) is 11.1 Å². The van der Waals surface area contributed by atoms with Gasteiger partial charge in [0.15, 0.2) is 0 Å². The Morgan fingerprint density at radius 1 is 1.34 bits per heavy atom. The van der Waals surface area contributed by atoms with Crippen LogP contribution in [0.4, 0.5) is 9.59 Å². The smallest absolute Gasteiger partial charge is 0.407 e. The fourth-order valence-corrected chi connectivity index (χ4v) is 4.14. The van der Waals surface area contributed by atoms with Crippen LogP contribution in [-0.4, -0.2) is 56.4 Å². The number of nitrogens with one attached hydrogen (secondary N) is 1. The molecule has 0 spiro atoms. The molecule has 1 aromatic carbocycles. The minimum atomic E-state index is -0.952. The van der Waals surface area contributed by atoms with Crippen LogP contribution in [-0.2, 0) is 4.79 Å². The molecule has 0 bridgehead atoms. The van der Waals surface area contributed by atoms with E-state index in [1.54, 1.807) is 37.3 Å². The molecule has 1 unspecified atom stereocenters. The highest BCUT2D eigenvalue weighted by atomic mass is 32.2. The van der Waals surface area contributed by atoms with Gasteiger partial charge in [-0.2, -0.15) is 0 Å². The predicted molar refractivity (Wildman–Crippen MR) is 116 cm³/mol. The fraction of sp³-hybridized carbons (Fsp3) is 0.286. The molecule has 1 atom stereocenters. The van der Waals surface area contributed by atoms with E-state index in [4.69, 9.17) is 9.47 Å². The van der Waals surface area contributed by atoms with E-state index in [2.05, 4.69) is 15.3 Å². The van der Waals surface area contributed by atoms with Crippen molar-refractivity contribution in [1.29, 1.82) is 0 Å². The summed E-state index contributed by atoms with van der Waals surface area (Å²) in [5.74, 6) is 0.672. The summed E-state index contributed by atoms with van der Waals surface area (Å²) < 4.78 is 11.7. The first-order chi connectivity index (χ1) is 15.4. The van der Waals surface area contributed by atoms with Crippen molar-refractivity contribution < 1.29 is 29.0 Å². The first kappa shape index (κ1) is 21.6. The lowest BCUT2D eigenvalue weighted by Gasteiger charge is -2.21. The number of amides is 3. The highest BCUT2D eigenvalue weighted by molar-refractivity contribution is 8.18. The Balaban J connectivity index is 1.46. The molecule has 0 radical (unpaired) electrons. The zero-order valence-corrected chi connectivity index (χ0v) is 17.9. The van der Waals surface area contributed by atoms with Gasteiger partial charge in [0.2, 0.25) is 11.8 Å². The number of hydrogen-bond acceptors (Lipinski definition) is 8. The SMILES string of the molecule is Cc1c(OCC2CCCN2C(=O)O)ncnc1Oc1cccc(/C=C2/SC(=O)NC2=O)c1. The van der Waals surface area contributed by atoms with Gasteiger partial charge < -0.3 is 19.5 Å². The molecule has 32 heavy (non-hydrogen) atoms. The summed E-state index contributed by atoms with van der Waals surface area (Å²) in [5, 5.41) is 11.1. The molecule has 3 amide bonds. The number of hydrogen-bond donors (Lipinski definition) is 2. The van der Waals surface area contributed by atoms with Crippen LogP contribution in [0.15, 0.2) is 35.5 Å². The van der Waals surface area contributed by atoms with Crippen LogP contribution in [0.2, 0.25) is 0 Å². The van der Waals surface area contributed by atoms with Crippen molar-refractivity contribution in [2.45, 2.75) is 25.8 Å². The van der Waals surface area contributed by atoms with E-state index in [9.17, 15) is 19.5 Å². The fourth-order valence-electron chi connectivity index (χ4n) is 3.46. The molecule has 3 heterocycles. The predicted octanol–water partition coefficient (Wildman–Crippen LogP) is 3.42. The van der Waals surface area contributed by atoms with E-state index in [1.807, 2.05) is 0 Å². The Hall–Kier alpha value is -3.60.